The highest BCUT2D eigenvalue weighted by atomic mass is 16.4. The van der Waals surface area contributed by atoms with Crippen molar-refractivity contribution < 1.29 is 29.4 Å². The fraction of sp³-hybridized carbons (Fsp3) is 0.388. The molecule has 2 aromatic heterocycles. The van der Waals surface area contributed by atoms with Crippen LogP contribution in [0.4, 0.5) is 9.59 Å². The minimum absolute atomic E-state index is 0.222. The Morgan fingerprint density at radius 1 is 0.571 bits per heavy atom. The van der Waals surface area contributed by atoms with Crippen LogP contribution < -0.4 is 10.6 Å². The molecule has 0 spiro atoms. The van der Waals surface area contributed by atoms with E-state index in [1.54, 1.807) is 22.2 Å². The second-order valence-corrected chi connectivity index (χ2v) is 15.3. The van der Waals surface area contributed by atoms with Gasteiger partial charge < -0.3 is 40.6 Å². The van der Waals surface area contributed by atoms with E-state index in [1.807, 2.05) is 64.1 Å². The summed E-state index contributed by atoms with van der Waals surface area (Å²) in [6.45, 7) is 19.4. The maximum absolute atomic E-state index is 12.7. The van der Waals surface area contributed by atoms with E-state index in [1.165, 1.54) is 6.42 Å². The number of carbonyl (C=O) groups excluding carboxylic acids is 2. The smallest absolute Gasteiger partial charge is 0.405 e. The summed E-state index contributed by atoms with van der Waals surface area (Å²) in [6, 6.07) is 24.7. The van der Waals surface area contributed by atoms with Gasteiger partial charge in [-0.3, -0.25) is 9.59 Å². The van der Waals surface area contributed by atoms with E-state index >= 15 is 0 Å². The van der Waals surface area contributed by atoms with E-state index in [4.69, 9.17) is 10.2 Å². The minimum atomic E-state index is -1.25. The van der Waals surface area contributed by atoms with Crippen LogP contribution in [-0.2, 0) is 22.7 Å². The van der Waals surface area contributed by atoms with Crippen LogP contribution in [0.25, 0.3) is 55.2 Å². The lowest BCUT2D eigenvalue weighted by Crippen LogP contribution is -2.40. The molecule has 338 valence electrons. The van der Waals surface area contributed by atoms with Crippen molar-refractivity contribution in [3.63, 3.8) is 0 Å². The molecule has 6 aromatic rings. The predicted molar refractivity (Wildman–Crippen MR) is 253 cm³/mol. The van der Waals surface area contributed by atoms with Crippen molar-refractivity contribution in [1.82, 2.24) is 40.4 Å². The van der Waals surface area contributed by atoms with Gasteiger partial charge in [-0.05, 0) is 51.4 Å². The molecule has 0 radical (unpaired) electrons. The molecule has 63 heavy (non-hydrogen) atoms. The highest BCUT2D eigenvalue weighted by Crippen LogP contribution is 2.39. The van der Waals surface area contributed by atoms with Gasteiger partial charge in [0.1, 0.15) is 24.7 Å². The summed E-state index contributed by atoms with van der Waals surface area (Å²) < 4.78 is 0. The number of carbonyl (C=O) groups is 4. The first-order valence-corrected chi connectivity index (χ1v) is 21.9. The van der Waals surface area contributed by atoms with Gasteiger partial charge in [0.2, 0.25) is 11.8 Å². The number of hydrogen-bond donors (Lipinski definition) is 6. The van der Waals surface area contributed by atoms with Crippen molar-refractivity contribution in [1.29, 1.82) is 0 Å². The summed E-state index contributed by atoms with van der Waals surface area (Å²) in [5.74, 6) is 1.38. The molecule has 0 atom stereocenters. The second kappa shape index (κ2) is 25.9. The van der Waals surface area contributed by atoms with Crippen LogP contribution in [0.5, 0.6) is 0 Å². The molecule has 0 bridgehead atoms. The molecule has 0 saturated carbocycles. The van der Waals surface area contributed by atoms with Crippen molar-refractivity contribution in [3.05, 3.63) is 96.8 Å². The topological polar surface area (TPSA) is 197 Å². The first kappa shape index (κ1) is 50.7. The van der Waals surface area contributed by atoms with Gasteiger partial charge in [0.15, 0.2) is 0 Å². The van der Waals surface area contributed by atoms with Crippen molar-refractivity contribution in [2.75, 3.05) is 26.2 Å². The molecule has 6 N–H and O–H groups in total. The first-order valence-electron chi connectivity index (χ1n) is 21.9. The largest absolute Gasteiger partial charge is 0.465 e. The number of aromatic nitrogens is 4. The Bertz CT molecular complexity index is 2220. The summed E-state index contributed by atoms with van der Waals surface area (Å²) in [7, 11) is 0. The Labute approximate surface area is 371 Å². The molecular weight excluding hydrogens is 797 g/mol. The molecule has 0 fully saturated rings. The zero-order chi connectivity index (χ0) is 46.5. The maximum atomic E-state index is 12.7. The fourth-order valence-electron chi connectivity index (χ4n) is 6.73. The van der Waals surface area contributed by atoms with Crippen molar-refractivity contribution >= 4 is 45.5 Å². The number of rotatable bonds is 15. The second-order valence-electron chi connectivity index (χ2n) is 15.3. The molecule has 14 nitrogen and oxygen atoms in total. The van der Waals surface area contributed by atoms with Crippen LogP contribution in [0.15, 0.2) is 85.2 Å². The summed E-state index contributed by atoms with van der Waals surface area (Å²) in [5.41, 5.74) is 5.61. The highest BCUT2D eigenvalue weighted by Gasteiger charge is 2.19. The lowest BCUT2D eigenvalue weighted by Gasteiger charge is -2.21. The molecule has 4 aromatic carbocycles. The van der Waals surface area contributed by atoms with Gasteiger partial charge >= 0.3 is 12.2 Å². The molecule has 0 aliphatic heterocycles. The Morgan fingerprint density at radius 2 is 0.873 bits per heavy atom. The number of nitrogens with zero attached hydrogens (tertiary/aromatic N) is 4. The average molecular weight is 863 g/mol. The SMILES string of the molecule is CC.CC(C)C.CCC.CCCN(Cc1ncc(-c2cccc3c(-c4cccc5c(-c6cnc(CN(CCC)C(=O)CNC(=O)O)[nH]6)cccc45)cccc23)[nH]1)C(=O)CNC(=O)O. The lowest BCUT2D eigenvalue weighted by molar-refractivity contribution is -0.131. The summed E-state index contributed by atoms with van der Waals surface area (Å²) in [4.78, 5) is 66.3. The van der Waals surface area contributed by atoms with E-state index in [0.29, 0.717) is 37.6 Å². The van der Waals surface area contributed by atoms with Crippen LogP contribution in [0.1, 0.15) is 93.2 Å². The van der Waals surface area contributed by atoms with Crippen LogP contribution >= 0.6 is 0 Å². The zero-order valence-electron chi connectivity index (χ0n) is 38.3. The number of imidazole rings is 2. The van der Waals surface area contributed by atoms with E-state index in [-0.39, 0.29) is 38.0 Å². The average Bonchev–Trinajstić information content (AvgIpc) is 3.94. The van der Waals surface area contributed by atoms with E-state index in [0.717, 1.165) is 61.1 Å². The molecule has 0 aliphatic rings. The molecule has 14 heteroatoms. The van der Waals surface area contributed by atoms with Gasteiger partial charge in [0, 0.05) is 24.2 Å². The number of nitrogens with one attached hydrogen (secondary N) is 4. The van der Waals surface area contributed by atoms with Crippen molar-refractivity contribution in [2.45, 2.75) is 94.7 Å². The monoisotopic (exact) mass is 863 g/mol. The van der Waals surface area contributed by atoms with Crippen molar-refractivity contribution in [2.24, 2.45) is 5.92 Å². The first-order chi connectivity index (χ1) is 30.3. The zero-order valence-corrected chi connectivity index (χ0v) is 38.3. The number of aromatic amines is 2. The van der Waals surface area contributed by atoms with Crippen molar-refractivity contribution in [3.8, 4) is 33.6 Å². The number of hydrogen-bond acceptors (Lipinski definition) is 6. The standard InChI is InChI=1S/C40H42N8O6.C4H10.C3H8.C2H6/c1-3-17-47(37(49)21-43-39(51)52)23-35-41-19-33(45-35)31-15-7-11-27-25(9-5-13-29(27)31)26-10-6-14-30-28(26)12-8-16-32(30)34-20-42-36(46-34)24-48(18-4-2)38(50)22-44-40(53)54;1-4(2)3;1-3-2;1-2/h5-16,19-20,43-44H,3-4,17-18,21-24H2,1-2H3,(H,41,45)(H,42,46)(H,51,52)(H,53,54);4H,1-3H3;3H2,1-2H3;1-2H3. The normalized spacial score (nSPS) is 10.4. The molecule has 2 heterocycles. The summed E-state index contributed by atoms with van der Waals surface area (Å²) in [5, 5.41) is 26.3. The van der Waals surface area contributed by atoms with Crippen LogP contribution in [0, 0.1) is 5.92 Å². The van der Waals surface area contributed by atoms with Gasteiger partial charge in [-0.15, -0.1) is 0 Å². The molecule has 6 rings (SSSR count). The Hall–Kier alpha value is -6.70. The maximum Gasteiger partial charge on any atom is 0.405 e. The van der Waals surface area contributed by atoms with Gasteiger partial charge in [-0.1, -0.05) is 142 Å². The minimum Gasteiger partial charge on any atom is -0.465 e. The Kier molecular flexibility index (Phi) is 20.8. The third-order valence-electron chi connectivity index (χ3n) is 9.13. The number of fused-ring (bicyclic) bond motifs is 2. The fourth-order valence-corrected chi connectivity index (χ4v) is 6.73. The lowest BCUT2D eigenvalue weighted by atomic mass is 9.90. The summed E-state index contributed by atoms with van der Waals surface area (Å²) in [6.07, 6.45) is 3.70. The third-order valence-corrected chi connectivity index (χ3v) is 9.13. The van der Waals surface area contributed by atoms with Gasteiger partial charge in [0.25, 0.3) is 0 Å². The number of carboxylic acid groups (broad SMARTS) is 2. The number of H-pyrrole nitrogens is 2. The molecular formula is C49H66N8O6. The number of amides is 4. The van der Waals surface area contributed by atoms with Crippen LogP contribution in [-0.4, -0.2) is 90.1 Å². The highest BCUT2D eigenvalue weighted by molar-refractivity contribution is 6.11. The predicted octanol–water partition coefficient (Wildman–Crippen LogP) is 10.6. The quantitative estimate of drug-likeness (QED) is 0.0586. The summed E-state index contributed by atoms with van der Waals surface area (Å²) >= 11 is 0. The molecule has 4 amide bonds. The molecule has 0 unspecified atom stereocenters. The van der Waals surface area contributed by atoms with Gasteiger partial charge in [0.05, 0.1) is 36.9 Å². The molecule has 0 aliphatic carbocycles. The van der Waals surface area contributed by atoms with Gasteiger partial charge in [-0.2, -0.15) is 0 Å². The molecule has 0 saturated heterocycles. The third kappa shape index (κ3) is 14.7. The van der Waals surface area contributed by atoms with Crippen LogP contribution in [0.3, 0.4) is 0 Å². The van der Waals surface area contributed by atoms with E-state index in [2.05, 4.69) is 102 Å². The van der Waals surface area contributed by atoms with E-state index < -0.39 is 12.2 Å². The van der Waals surface area contributed by atoms with Crippen LogP contribution in [0.2, 0.25) is 0 Å². The number of benzene rings is 4. The van der Waals surface area contributed by atoms with E-state index in [9.17, 15) is 19.2 Å². The van der Waals surface area contributed by atoms with Gasteiger partial charge in [-0.25, -0.2) is 19.6 Å². The Morgan fingerprint density at radius 3 is 1.17 bits per heavy atom. The Balaban J connectivity index is 0.00000108.